The van der Waals surface area contributed by atoms with Crippen LogP contribution in [0.3, 0.4) is 0 Å². The Balaban J connectivity index is 2.58. The lowest BCUT2D eigenvalue weighted by Crippen LogP contribution is -2.41. The highest BCUT2D eigenvalue weighted by Gasteiger charge is 2.22. The van der Waals surface area contributed by atoms with E-state index in [4.69, 9.17) is 0 Å². The van der Waals surface area contributed by atoms with Crippen LogP contribution in [0.1, 0.15) is 45.6 Å². The summed E-state index contributed by atoms with van der Waals surface area (Å²) in [4.78, 5) is 23.5. The minimum absolute atomic E-state index is 0.00609. The predicted molar refractivity (Wildman–Crippen MR) is 99.3 cm³/mol. The Morgan fingerprint density at radius 2 is 1.73 bits per heavy atom. The van der Waals surface area contributed by atoms with Crippen LogP contribution in [0.5, 0.6) is 0 Å². The Kier molecular flexibility index (Phi) is 7.77. The number of rotatable bonds is 9. The third-order valence-electron chi connectivity index (χ3n) is 3.96. The normalized spacial score (nSPS) is 13.2. The molecule has 1 rings (SSSR count). The first-order chi connectivity index (χ1) is 11.9. The van der Waals surface area contributed by atoms with E-state index in [0.717, 1.165) is 5.56 Å². The summed E-state index contributed by atoms with van der Waals surface area (Å²) in [5, 5.41) is 11.8. The fourth-order valence-corrected chi connectivity index (χ4v) is 3.04. The quantitative estimate of drug-likeness (QED) is 0.602. The van der Waals surface area contributed by atoms with Gasteiger partial charge in [0, 0.05) is 6.42 Å². The lowest BCUT2D eigenvalue weighted by molar-refractivity contribution is -0.142. The van der Waals surface area contributed by atoms with E-state index >= 15 is 0 Å². The van der Waals surface area contributed by atoms with Crippen molar-refractivity contribution in [2.45, 2.75) is 57.4 Å². The topological polar surface area (TPSA) is 113 Å². The van der Waals surface area contributed by atoms with E-state index in [9.17, 15) is 23.1 Å². The molecule has 0 saturated heterocycles. The summed E-state index contributed by atoms with van der Waals surface area (Å²) in [6.07, 6.45) is 1.60. The zero-order chi connectivity index (χ0) is 20.0. The number of hydrogen-bond acceptors (Lipinski definition) is 4. The maximum atomic E-state index is 12.0. The van der Waals surface area contributed by atoms with Gasteiger partial charge in [-0.3, -0.25) is 4.79 Å². The van der Waals surface area contributed by atoms with Gasteiger partial charge in [0.05, 0.1) is 4.90 Å². The fraction of sp³-hybridized carbons (Fsp3) is 0.556. The molecule has 0 aromatic heterocycles. The number of amides is 1. The monoisotopic (exact) mass is 384 g/mol. The van der Waals surface area contributed by atoms with Gasteiger partial charge >= 0.3 is 5.97 Å². The molecule has 146 valence electrons. The van der Waals surface area contributed by atoms with Gasteiger partial charge in [0.1, 0.15) is 6.04 Å². The van der Waals surface area contributed by atoms with Gasteiger partial charge in [-0.1, -0.05) is 32.9 Å². The Morgan fingerprint density at radius 3 is 2.19 bits per heavy atom. The number of sulfonamides is 1. The molecule has 1 aromatic rings. The van der Waals surface area contributed by atoms with E-state index < -0.39 is 22.0 Å². The van der Waals surface area contributed by atoms with Crippen molar-refractivity contribution in [1.29, 1.82) is 0 Å². The van der Waals surface area contributed by atoms with Crippen molar-refractivity contribution in [2.75, 3.05) is 7.05 Å². The summed E-state index contributed by atoms with van der Waals surface area (Å²) in [6, 6.07) is 5.34. The van der Waals surface area contributed by atoms with E-state index in [1.807, 2.05) is 20.8 Å². The van der Waals surface area contributed by atoms with Gasteiger partial charge in [-0.25, -0.2) is 17.9 Å². The van der Waals surface area contributed by atoms with Crippen LogP contribution in [0.15, 0.2) is 29.2 Å². The van der Waals surface area contributed by atoms with E-state index in [1.54, 1.807) is 12.1 Å². The van der Waals surface area contributed by atoms with Crippen LogP contribution >= 0.6 is 0 Å². The SMILES string of the molecule is CNS(=O)(=O)c1ccc(CCC(=O)NC(CCC(C)(C)C)C(=O)O)cc1. The highest BCUT2D eigenvalue weighted by molar-refractivity contribution is 7.89. The second-order valence-corrected chi connectivity index (χ2v) is 9.30. The molecule has 8 heteroatoms. The van der Waals surface area contributed by atoms with Crippen LogP contribution in [0, 0.1) is 5.41 Å². The molecule has 1 unspecified atom stereocenters. The minimum Gasteiger partial charge on any atom is -0.480 e. The summed E-state index contributed by atoms with van der Waals surface area (Å²) in [5.74, 6) is -1.37. The number of aryl methyl sites for hydroxylation is 1. The van der Waals surface area contributed by atoms with Crippen molar-refractivity contribution >= 4 is 21.9 Å². The average molecular weight is 384 g/mol. The molecule has 0 aliphatic rings. The maximum absolute atomic E-state index is 12.0. The summed E-state index contributed by atoms with van der Waals surface area (Å²) in [7, 11) is -2.15. The molecule has 7 nitrogen and oxygen atoms in total. The summed E-state index contributed by atoms with van der Waals surface area (Å²) in [5.41, 5.74) is 0.796. The number of aliphatic carboxylic acids is 1. The standard InChI is InChI=1S/C18H28N2O5S/c1-18(2,3)12-11-15(17(22)23)20-16(21)10-7-13-5-8-14(9-6-13)26(24,25)19-4/h5-6,8-9,15,19H,7,10-12H2,1-4H3,(H,20,21)(H,22,23). The van der Waals surface area contributed by atoms with Crippen molar-refractivity contribution < 1.29 is 23.1 Å². The molecule has 1 atom stereocenters. The first kappa shape index (κ1) is 22.1. The molecular formula is C18H28N2O5S. The highest BCUT2D eigenvalue weighted by atomic mass is 32.2. The van der Waals surface area contributed by atoms with Crippen LogP contribution in [0.2, 0.25) is 0 Å². The van der Waals surface area contributed by atoms with Crippen LogP contribution in [0.25, 0.3) is 0 Å². The second kappa shape index (κ2) is 9.14. The number of carbonyl (C=O) groups is 2. The molecule has 0 bridgehead atoms. The number of benzene rings is 1. The summed E-state index contributed by atoms with van der Waals surface area (Å²) in [6.45, 7) is 6.06. The number of carboxylic acid groups (broad SMARTS) is 1. The maximum Gasteiger partial charge on any atom is 0.326 e. The zero-order valence-electron chi connectivity index (χ0n) is 15.7. The van der Waals surface area contributed by atoms with Crippen LogP contribution in [-0.2, 0) is 26.0 Å². The molecule has 0 aliphatic heterocycles. The van der Waals surface area contributed by atoms with Crippen molar-refractivity contribution in [1.82, 2.24) is 10.0 Å². The average Bonchev–Trinajstić information content (AvgIpc) is 2.56. The van der Waals surface area contributed by atoms with Gasteiger partial charge in [0.15, 0.2) is 0 Å². The third kappa shape index (κ3) is 7.53. The Hall–Kier alpha value is -1.93. The highest BCUT2D eigenvalue weighted by Crippen LogP contribution is 2.21. The molecule has 0 heterocycles. The van der Waals surface area contributed by atoms with Crippen LogP contribution in [0.4, 0.5) is 0 Å². The Morgan fingerprint density at radius 1 is 1.15 bits per heavy atom. The van der Waals surface area contributed by atoms with Gasteiger partial charge in [-0.05, 0) is 49.4 Å². The van der Waals surface area contributed by atoms with Gasteiger partial charge in [-0.2, -0.15) is 0 Å². The summed E-state index contributed by atoms with van der Waals surface area (Å²) >= 11 is 0. The van der Waals surface area contributed by atoms with Crippen molar-refractivity contribution in [3.05, 3.63) is 29.8 Å². The Labute approximate surface area is 155 Å². The van der Waals surface area contributed by atoms with Gasteiger partial charge in [0.2, 0.25) is 15.9 Å². The first-order valence-electron chi connectivity index (χ1n) is 8.49. The molecule has 0 radical (unpaired) electrons. The number of carbonyl (C=O) groups excluding carboxylic acids is 1. The molecular weight excluding hydrogens is 356 g/mol. The molecule has 0 fully saturated rings. The lowest BCUT2D eigenvalue weighted by Gasteiger charge is -2.21. The van der Waals surface area contributed by atoms with E-state index in [1.165, 1.54) is 19.2 Å². The summed E-state index contributed by atoms with van der Waals surface area (Å²) < 4.78 is 25.6. The first-order valence-corrected chi connectivity index (χ1v) is 9.97. The Bertz CT molecular complexity index is 721. The second-order valence-electron chi connectivity index (χ2n) is 7.41. The van der Waals surface area contributed by atoms with Crippen molar-refractivity contribution in [3.63, 3.8) is 0 Å². The molecule has 1 amide bonds. The van der Waals surface area contributed by atoms with Gasteiger partial charge < -0.3 is 10.4 Å². The van der Waals surface area contributed by atoms with Gasteiger partial charge in [-0.15, -0.1) is 0 Å². The van der Waals surface area contributed by atoms with E-state index in [2.05, 4.69) is 10.0 Å². The minimum atomic E-state index is -3.48. The van der Waals surface area contributed by atoms with Crippen molar-refractivity contribution in [2.24, 2.45) is 5.41 Å². The molecule has 0 saturated carbocycles. The third-order valence-corrected chi connectivity index (χ3v) is 5.39. The van der Waals surface area contributed by atoms with E-state index in [0.29, 0.717) is 19.3 Å². The number of carboxylic acids is 1. The zero-order valence-corrected chi connectivity index (χ0v) is 16.5. The van der Waals surface area contributed by atoms with Crippen LogP contribution < -0.4 is 10.0 Å². The van der Waals surface area contributed by atoms with E-state index in [-0.39, 0.29) is 22.6 Å². The largest absolute Gasteiger partial charge is 0.480 e. The smallest absolute Gasteiger partial charge is 0.326 e. The van der Waals surface area contributed by atoms with Crippen LogP contribution in [-0.4, -0.2) is 38.5 Å². The molecule has 3 N–H and O–H groups in total. The number of hydrogen-bond donors (Lipinski definition) is 3. The molecule has 26 heavy (non-hydrogen) atoms. The molecule has 0 spiro atoms. The number of nitrogens with one attached hydrogen (secondary N) is 2. The molecule has 1 aromatic carbocycles. The molecule has 0 aliphatic carbocycles. The van der Waals surface area contributed by atoms with Crippen molar-refractivity contribution in [3.8, 4) is 0 Å². The fourth-order valence-electron chi connectivity index (χ4n) is 2.31. The predicted octanol–water partition coefficient (Wildman–Crippen LogP) is 1.92. The van der Waals surface area contributed by atoms with Gasteiger partial charge in [0.25, 0.3) is 0 Å². The lowest BCUT2D eigenvalue weighted by atomic mass is 9.88.